The summed E-state index contributed by atoms with van der Waals surface area (Å²) in [5.74, 6) is 0.919. The van der Waals surface area contributed by atoms with Crippen molar-refractivity contribution in [1.29, 1.82) is 0 Å². The van der Waals surface area contributed by atoms with Crippen molar-refractivity contribution in [3.05, 3.63) is 64.8 Å². The quantitative estimate of drug-likeness (QED) is 0.315. The third-order valence-corrected chi connectivity index (χ3v) is 7.07. The number of pyridine rings is 1. The van der Waals surface area contributed by atoms with Crippen molar-refractivity contribution < 1.29 is 24.2 Å². The average molecular weight is 510 g/mol. The van der Waals surface area contributed by atoms with Gasteiger partial charge in [-0.1, -0.05) is 23.9 Å². The number of nitrogens with one attached hydrogen (secondary N) is 1. The highest BCUT2D eigenvalue weighted by atomic mass is 32.2. The SMILES string of the molecule is COC(=O)c1ccc(NC(=O)CSc2c3c(c(O)n2Cc2ccc(OC(C)C)cc2)CCCC3)nc1. The monoisotopic (exact) mass is 509 g/mol. The van der Waals surface area contributed by atoms with Gasteiger partial charge >= 0.3 is 5.97 Å². The summed E-state index contributed by atoms with van der Waals surface area (Å²) < 4.78 is 12.3. The van der Waals surface area contributed by atoms with Crippen LogP contribution < -0.4 is 10.1 Å². The lowest BCUT2D eigenvalue weighted by molar-refractivity contribution is -0.113. The fourth-order valence-corrected chi connectivity index (χ4v) is 5.32. The number of fused-ring (bicyclic) bond motifs is 1. The second-order valence-corrected chi connectivity index (χ2v) is 9.91. The van der Waals surface area contributed by atoms with Gasteiger partial charge in [0.15, 0.2) is 5.88 Å². The third kappa shape index (κ3) is 6.02. The van der Waals surface area contributed by atoms with Crippen LogP contribution in [0.15, 0.2) is 47.6 Å². The highest BCUT2D eigenvalue weighted by Crippen LogP contribution is 2.40. The minimum Gasteiger partial charge on any atom is -0.494 e. The molecule has 9 heteroatoms. The molecule has 0 aliphatic heterocycles. The van der Waals surface area contributed by atoms with Crippen molar-refractivity contribution in [2.24, 2.45) is 0 Å². The number of aromatic hydroxyl groups is 1. The molecule has 36 heavy (non-hydrogen) atoms. The lowest BCUT2D eigenvalue weighted by atomic mass is 9.95. The number of hydrogen-bond donors (Lipinski definition) is 2. The van der Waals surface area contributed by atoms with Gasteiger partial charge in [0.05, 0.1) is 36.1 Å². The summed E-state index contributed by atoms with van der Waals surface area (Å²) in [4.78, 5) is 28.4. The number of esters is 1. The predicted octanol–water partition coefficient (Wildman–Crippen LogP) is 4.82. The minimum absolute atomic E-state index is 0.103. The predicted molar refractivity (Wildman–Crippen MR) is 139 cm³/mol. The van der Waals surface area contributed by atoms with Crippen LogP contribution in [0.1, 0.15) is 53.7 Å². The first-order valence-corrected chi connectivity index (χ1v) is 13.0. The largest absolute Gasteiger partial charge is 0.494 e. The number of amides is 1. The molecule has 2 aromatic heterocycles. The summed E-state index contributed by atoms with van der Waals surface area (Å²) >= 11 is 1.42. The number of methoxy groups -OCH3 is 1. The van der Waals surface area contributed by atoms with Gasteiger partial charge in [0, 0.05) is 11.8 Å². The molecule has 0 unspecified atom stereocenters. The summed E-state index contributed by atoms with van der Waals surface area (Å²) in [5, 5.41) is 14.7. The number of nitrogens with zero attached hydrogens (tertiary/aromatic N) is 2. The number of benzene rings is 1. The molecule has 0 fully saturated rings. The molecule has 1 aromatic carbocycles. The molecule has 3 aromatic rings. The van der Waals surface area contributed by atoms with Crippen molar-refractivity contribution in [3.8, 4) is 11.6 Å². The first-order valence-electron chi connectivity index (χ1n) is 12.0. The van der Waals surface area contributed by atoms with Crippen LogP contribution in [0.25, 0.3) is 0 Å². The lowest BCUT2D eigenvalue weighted by Crippen LogP contribution is -2.16. The number of ether oxygens (including phenoxy) is 2. The second-order valence-electron chi connectivity index (χ2n) is 8.95. The van der Waals surface area contributed by atoms with E-state index in [1.54, 1.807) is 12.1 Å². The van der Waals surface area contributed by atoms with E-state index in [4.69, 9.17) is 4.74 Å². The van der Waals surface area contributed by atoms with Crippen molar-refractivity contribution in [2.45, 2.75) is 57.2 Å². The Balaban J connectivity index is 1.48. The van der Waals surface area contributed by atoms with Crippen LogP contribution in [-0.4, -0.2) is 45.5 Å². The average Bonchev–Trinajstić information content (AvgIpc) is 3.14. The van der Waals surface area contributed by atoms with Gasteiger partial charge in [0.1, 0.15) is 11.6 Å². The van der Waals surface area contributed by atoms with Gasteiger partial charge < -0.3 is 24.5 Å². The van der Waals surface area contributed by atoms with Gasteiger partial charge in [0.25, 0.3) is 0 Å². The Morgan fingerprint density at radius 3 is 2.47 bits per heavy atom. The summed E-state index contributed by atoms with van der Waals surface area (Å²) in [6.45, 7) is 4.48. The molecule has 2 heterocycles. The summed E-state index contributed by atoms with van der Waals surface area (Å²) in [6, 6.07) is 11.0. The van der Waals surface area contributed by atoms with Gasteiger partial charge in [-0.2, -0.15) is 0 Å². The molecular weight excluding hydrogens is 478 g/mol. The zero-order valence-electron chi connectivity index (χ0n) is 20.7. The van der Waals surface area contributed by atoms with Gasteiger partial charge in [-0.15, -0.1) is 0 Å². The molecule has 190 valence electrons. The number of carbonyl (C=O) groups is 2. The van der Waals surface area contributed by atoms with E-state index in [0.717, 1.165) is 53.1 Å². The zero-order chi connectivity index (χ0) is 25.7. The maximum Gasteiger partial charge on any atom is 0.339 e. The normalized spacial score (nSPS) is 12.8. The molecule has 1 aliphatic rings. The highest BCUT2D eigenvalue weighted by molar-refractivity contribution is 8.00. The van der Waals surface area contributed by atoms with Crippen molar-refractivity contribution in [1.82, 2.24) is 9.55 Å². The Morgan fingerprint density at radius 2 is 1.83 bits per heavy atom. The molecule has 1 aliphatic carbocycles. The molecule has 0 bridgehead atoms. The molecule has 0 radical (unpaired) electrons. The van der Waals surface area contributed by atoms with Crippen molar-refractivity contribution >= 4 is 29.5 Å². The Labute approximate surface area is 215 Å². The minimum atomic E-state index is -0.483. The molecule has 0 saturated carbocycles. The van der Waals surface area contributed by atoms with Crippen LogP contribution in [0.2, 0.25) is 0 Å². The molecule has 8 nitrogen and oxygen atoms in total. The van der Waals surface area contributed by atoms with Gasteiger partial charge in [0.2, 0.25) is 5.91 Å². The molecule has 1 amide bonds. The topological polar surface area (TPSA) is 103 Å². The third-order valence-electron chi connectivity index (χ3n) is 5.92. The number of aromatic nitrogens is 2. The highest BCUT2D eigenvalue weighted by Gasteiger charge is 2.25. The van der Waals surface area contributed by atoms with E-state index in [9.17, 15) is 14.7 Å². The second kappa shape index (κ2) is 11.5. The number of anilines is 1. The van der Waals surface area contributed by atoms with Crippen LogP contribution in [0, 0.1) is 0 Å². The lowest BCUT2D eigenvalue weighted by Gasteiger charge is -2.14. The molecular formula is C27H31N3O5S. The fourth-order valence-electron chi connectivity index (χ4n) is 4.27. The summed E-state index contributed by atoms with van der Waals surface area (Å²) in [7, 11) is 1.30. The summed E-state index contributed by atoms with van der Waals surface area (Å²) in [5.41, 5.74) is 3.48. The standard InChI is InChI=1S/C27H31N3O5S/c1-17(2)35-20-11-8-18(9-12-20)15-30-25(32)21-6-4-5-7-22(21)26(30)36-16-24(31)29-23-13-10-19(14-28-23)27(33)34-3/h8-14,17,32H,4-7,15-16H2,1-3H3,(H,28,29,31). The smallest absolute Gasteiger partial charge is 0.339 e. The van der Waals surface area contributed by atoms with E-state index in [0.29, 0.717) is 17.9 Å². The molecule has 0 atom stereocenters. The van der Waals surface area contributed by atoms with Crippen LogP contribution in [0.4, 0.5) is 5.82 Å². The van der Waals surface area contributed by atoms with Crippen LogP contribution >= 0.6 is 11.8 Å². The van der Waals surface area contributed by atoms with Crippen LogP contribution in [0.5, 0.6) is 11.6 Å². The zero-order valence-corrected chi connectivity index (χ0v) is 21.6. The molecule has 2 N–H and O–H groups in total. The number of thioether (sulfide) groups is 1. The molecule has 0 spiro atoms. The number of rotatable bonds is 9. The first kappa shape index (κ1) is 25.6. The van der Waals surface area contributed by atoms with Crippen LogP contribution in [0.3, 0.4) is 0 Å². The van der Waals surface area contributed by atoms with Gasteiger partial charge in [-0.05, 0) is 74.9 Å². The van der Waals surface area contributed by atoms with E-state index in [-0.39, 0.29) is 23.6 Å². The van der Waals surface area contributed by atoms with E-state index in [1.165, 1.54) is 25.1 Å². The van der Waals surface area contributed by atoms with Crippen LogP contribution in [-0.2, 0) is 28.9 Å². The first-order chi connectivity index (χ1) is 17.4. The Bertz CT molecular complexity index is 1220. The van der Waals surface area contributed by atoms with E-state index in [1.807, 2.05) is 42.7 Å². The number of carbonyl (C=O) groups excluding carboxylic acids is 2. The molecule has 0 saturated heterocycles. The Morgan fingerprint density at radius 1 is 1.11 bits per heavy atom. The van der Waals surface area contributed by atoms with E-state index >= 15 is 0 Å². The maximum absolute atomic E-state index is 12.7. The maximum atomic E-state index is 12.7. The van der Waals surface area contributed by atoms with Crippen molar-refractivity contribution in [2.75, 3.05) is 18.2 Å². The van der Waals surface area contributed by atoms with E-state index in [2.05, 4.69) is 15.0 Å². The molecule has 4 rings (SSSR count). The Hall–Kier alpha value is -3.46. The van der Waals surface area contributed by atoms with E-state index < -0.39 is 5.97 Å². The fraction of sp³-hybridized carbons (Fsp3) is 0.370. The van der Waals surface area contributed by atoms with Gasteiger partial charge in [-0.3, -0.25) is 4.79 Å². The Kier molecular flexibility index (Phi) is 8.20. The van der Waals surface area contributed by atoms with Crippen molar-refractivity contribution in [3.63, 3.8) is 0 Å². The summed E-state index contributed by atoms with van der Waals surface area (Å²) in [6.07, 6.45) is 5.30. The van der Waals surface area contributed by atoms with Gasteiger partial charge in [-0.25, -0.2) is 9.78 Å². The number of hydrogen-bond acceptors (Lipinski definition) is 7.